The Morgan fingerprint density at radius 3 is 2.19 bits per heavy atom. The largest absolute Gasteiger partial charge is 0.504 e. The van der Waals surface area contributed by atoms with Crippen LogP contribution < -0.4 is 11.1 Å². The number of primary amides is 1. The van der Waals surface area contributed by atoms with Crippen LogP contribution in [0.4, 0.5) is 5.69 Å². The van der Waals surface area contributed by atoms with Crippen LogP contribution in [0.2, 0.25) is 0 Å². The first-order chi connectivity index (χ1) is 15.2. The number of anilines is 1. The van der Waals surface area contributed by atoms with Gasteiger partial charge in [0, 0.05) is 11.3 Å². The Hall–Kier alpha value is -3.80. The predicted molar refractivity (Wildman–Crippen MR) is 124 cm³/mol. The lowest BCUT2D eigenvalue weighted by atomic mass is 9.91. The van der Waals surface area contributed by atoms with E-state index in [0.717, 1.165) is 16.7 Å². The number of amides is 2. The number of hydrogen-bond acceptors (Lipinski definition) is 4. The van der Waals surface area contributed by atoms with Gasteiger partial charge in [-0.1, -0.05) is 38.1 Å². The van der Waals surface area contributed by atoms with Crippen molar-refractivity contribution in [2.24, 2.45) is 5.73 Å². The van der Waals surface area contributed by atoms with Gasteiger partial charge in [-0.25, -0.2) is 0 Å². The van der Waals surface area contributed by atoms with Gasteiger partial charge in [-0.15, -0.1) is 0 Å². The third-order valence-corrected chi connectivity index (χ3v) is 6.13. The van der Waals surface area contributed by atoms with Crippen LogP contribution >= 0.6 is 0 Å². The molecular formula is C26H26N2O4. The minimum atomic E-state index is -0.703. The number of hydrogen-bond donors (Lipinski definition) is 4. The number of aromatic hydroxyl groups is 2. The average molecular weight is 431 g/mol. The average Bonchev–Trinajstić information content (AvgIpc) is 3.57. The molecule has 0 spiro atoms. The van der Waals surface area contributed by atoms with Gasteiger partial charge in [0.25, 0.3) is 0 Å². The summed E-state index contributed by atoms with van der Waals surface area (Å²) in [5.74, 6) is -0.794. The van der Waals surface area contributed by atoms with Gasteiger partial charge in [-0.2, -0.15) is 0 Å². The minimum absolute atomic E-state index is 0.144. The molecule has 3 aromatic rings. The number of phenols is 2. The van der Waals surface area contributed by atoms with E-state index >= 15 is 0 Å². The summed E-state index contributed by atoms with van der Waals surface area (Å²) in [6.45, 7) is 4.21. The van der Waals surface area contributed by atoms with Gasteiger partial charge in [0.1, 0.15) is 0 Å². The number of nitrogens with two attached hydrogens (primary N) is 1. The van der Waals surface area contributed by atoms with Gasteiger partial charge in [0.15, 0.2) is 11.5 Å². The van der Waals surface area contributed by atoms with Crippen molar-refractivity contribution in [1.29, 1.82) is 0 Å². The van der Waals surface area contributed by atoms with Crippen molar-refractivity contribution in [2.75, 3.05) is 5.32 Å². The molecule has 1 saturated carbocycles. The van der Waals surface area contributed by atoms with E-state index in [1.165, 1.54) is 12.1 Å². The summed E-state index contributed by atoms with van der Waals surface area (Å²) in [6.07, 6.45) is 1.35. The molecule has 6 nitrogen and oxygen atoms in total. The highest BCUT2D eigenvalue weighted by Crippen LogP contribution is 2.50. The van der Waals surface area contributed by atoms with Crippen molar-refractivity contribution in [2.45, 2.75) is 38.0 Å². The van der Waals surface area contributed by atoms with Crippen LogP contribution in [0.25, 0.3) is 11.1 Å². The zero-order valence-corrected chi connectivity index (χ0v) is 18.1. The topological polar surface area (TPSA) is 113 Å². The second kappa shape index (κ2) is 8.04. The molecule has 32 heavy (non-hydrogen) atoms. The Kier molecular flexibility index (Phi) is 5.38. The zero-order valence-electron chi connectivity index (χ0n) is 18.1. The molecule has 0 saturated heterocycles. The second-order valence-corrected chi connectivity index (χ2v) is 8.64. The van der Waals surface area contributed by atoms with Gasteiger partial charge in [0.05, 0.1) is 5.41 Å². The molecule has 0 unspecified atom stereocenters. The van der Waals surface area contributed by atoms with E-state index in [1.807, 2.05) is 30.3 Å². The first kappa shape index (κ1) is 21.4. The van der Waals surface area contributed by atoms with Crippen molar-refractivity contribution in [3.8, 4) is 22.6 Å². The monoisotopic (exact) mass is 430 g/mol. The van der Waals surface area contributed by atoms with E-state index in [4.69, 9.17) is 5.73 Å². The zero-order chi connectivity index (χ0) is 23.0. The molecular weight excluding hydrogens is 404 g/mol. The molecule has 0 aliphatic heterocycles. The summed E-state index contributed by atoms with van der Waals surface area (Å²) in [7, 11) is 0. The van der Waals surface area contributed by atoms with Crippen LogP contribution in [-0.2, 0) is 10.2 Å². The number of benzene rings is 3. The summed E-state index contributed by atoms with van der Waals surface area (Å²) < 4.78 is 0. The maximum atomic E-state index is 13.2. The van der Waals surface area contributed by atoms with E-state index in [2.05, 4.69) is 19.2 Å². The van der Waals surface area contributed by atoms with Crippen LogP contribution in [0.1, 0.15) is 54.1 Å². The Bertz CT molecular complexity index is 1190. The molecule has 0 heterocycles. The number of carbonyl (C=O) groups is 2. The molecule has 6 heteroatoms. The normalized spacial score (nSPS) is 14.2. The van der Waals surface area contributed by atoms with Crippen LogP contribution in [0.3, 0.4) is 0 Å². The Morgan fingerprint density at radius 2 is 1.62 bits per heavy atom. The van der Waals surface area contributed by atoms with Gasteiger partial charge < -0.3 is 21.3 Å². The maximum absolute atomic E-state index is 13.2. The minimum Gasteiger partial charge on any atom is -0.504 e. The highest BCUT2D eigenvalue weighted by atomic mass is 16.3. The molecule has 4 rings (SSSR count). The van der Waals surface area contributed by atoms with Gasteiger partial charge in [-0.3, -0.25) is 9.59 Å². The first-order valence-electron chi connectivity index (χ1n) is 10.6. The summed E-state index contributed by atoms with van der Waals surface area (Å²) in [5, 5.41) is 22.5. The highest BCUT2D eigenvalue weighted by Gasteiger charge is 2.51. The lowest BCUT2D eigenvalue weighted by Gasteiger charge is -2.19. The van der Waals surface area contributed by atoms with Gasteiger partial charge in [-0.05, 0) is 77.4 Å². The lowest BCUT2D eigenvalue weighted by Crippen LogP contribution is -2.27. The number of carbonyl (C=O) groups excluding carboxylic acids is 2. The quantitative estimate of drug-likeness (QED) is 0.426. The van der Waals surface area contributed by atoms with E-state index in [1.54, 1.807) is 18.2 Å². The first-order valence-corrected chi connectivity index (χ1v) is 10.6. The Labute approximate surface area is 186 Å². The number of nitrogens with one attached hydrogen (secondary N) is 1. The molecule has 164 valence electrons. The van der Waals surface area contributed by atoms with Crippen LogP contribution in [0.15, 0.2) is 60.7 Å². The molecule has 1 aliphatic rings. The third-order valence-electron chi connectivity index (χ3n) is 6.13. The second-order valence-electron chi connectivity index (χ2n) is 8.64. The Balaban J connectivity index is 1.64. The lowest BCUT2D eigenvalue weighted by molar-refractivity contribution is -0.118. The van der Waals surface area contributed by atoms with Crippen molar-refractivity contribution in [3.05, 3.63) is 77.4 Å². The fourth-order valence-electron chi connectivity index (χ4n) is 4.05. The SMILES string of the molecule is CC(C)c1ccc(NC(=O)C2(c3ccc(O)c(O)c3)CC2)cc1-c1ccc(C(N)=O)cc1. The fraction of sp³-hybridized carbons (Fsp3) is 0.231. The van der Waals surface area contributed by atoms with Crippen LogP contribution in [-0.4, -0.2) is 22.0 Å². The number of rotatable bonds is 6. The molecule has 0 atom stereocenters. The molecule has 1 aliphatic carbocycles. The molecule has 0 radical (unpaired) electrons. The van der Waals surface area contributed by atoms with E-state index in [9.17, 15) is 19.8 Å². The van der Waals surface area contributed by atoms with Crippen LogP contribution in [0.5, 0.6) is 11.5 Å². The Morgan fingerprint density at radius 1 is 0.938 bits per heavy atom. The van der Waals surface area contributed by atoms with Crippen molar-refractivity contribution >= 4 is 17.5 Å². The summed E-state index contributed by atoms with van der Waals surface area (Å²) in [6, 6.07) is 17.5. The number of phenolic OH excluding ortho intramolecular Hbond substituents is 2. The smallest absolute Gasteiger partial charge is 0.248 e. The van der Waals surface area contributed by atoms with E-state index in [0.29, 0.717) is 29.7 Å². The van der Waals surface area contributed by atoms with Crippen molar-refractivity contribution < 1.29 is 19.8 Å². The molecule has 5 N–H and O–H groups in total. The van der Waals surface area contributed by atoms with Gasteiger partial charge in [0.2, 0.25) is 11.8 Å². The molecule has 2 amide bonds. The summed E-state index contributed by atoms with van der Waals surface area (Å²) in [5.41, 5.74) is 9.48. The molecule has 1 fully saturated rings. The van der Waals surface area contributed by atoms with Crippen LogP contribution in [0, 0.1) is 0 Å². The van der Waals surface area contributed by atoms with Crippen molar-refractivity contribution in [1.82, 2.24) is 0 Å². The standard InChI is InChI=1S/C26H26N2O4/c1-15(2)20-9-8-19(14-21(20)16-3-5-17(6-4-16)24(27)31)28-25(32)26(11-12-26)18-7-10-22(29)23(30)13-18/h3-10,13-15,29-30H,11-12H2,1-2H3,(H2,27,31)(H,28,32). The van der Waals surface area contributed by atoms with E-state index in [-0.39, 0.29) is 23.3 Å². The predicted octanol–water partition coefficient (Wildman–Crippen LogP) is 4.66. The maximum Gasteiger partial charge on any atom is 0.248 e. The fourth-order valence-corrected chi connectivity index (χ4v) is 4.05. The van der Waals surface area contributed by atoms with Gasteiger partial charge >= 0.3 is 0 Å². The molecule has 0 bridgehead atoms. The highest BCUT2D eigenvalue weighted by molar-refractivity contribution is 6.02. The van der Waals surface area contributed by atoms with E-state index < -0.39 is 11.3 Å². The molecule has 3 aromatic carbocycles. The summed E-state index contributed by atoms with van der Waals surface area (Å²) in [4.78, 5) is 24.6. The molecule has 0 aromatic heterocycles. The van der Waals surface area contributed by atoms with Crippen molar-refractivity contribution in [3.63, 3.8) is 0 Å². The third kappa shape index (κ3) is 3.91. The summed E-state index contributed by atoms with van der Waals surface area (Å²) >= 11 is 0.